The molecule has 98 valence electrons. The van der Waals surface area contributed by atoms with Gasteiger partial charge < -0.3 is 14.6 Å². The van der Waals surface area contributed by atoms with E-state index < -0.39 is 24.1 Å². The lowest BCUT2D eigenvalue weighted by molar-refractivity contribution is -0.157. The Labute approximate surface area is 106 Å². The van der Waals surface area contributed by atoms with Gasteiger partial charge in [0.05, 0.1) is 6.10 Å². The standard InChI is InChI=1S/C14H18O4/c1-14(2)17-12-10(15)8-6-3-4-7(5-6)9(8)11(16)13(12)18-14/h3-4,6-10,12-13,15H,5H2,1-2H3/t6?,7?,8?,9?,10-,12?,13?/m1/s1. The Hall–Kier alpha value is -0.710. The maximum atomic E-state index is 12.6. The molecule has 0 aromatic rings. The maximum Gasteiger partial charge on any atom is 0.168 e. The molecule has 1 N–H and O–H groups in total. The van der Waals surface area contributed by atoms with E-state index in [0.717, 1.165) is 6.42 Å². The fourth-order valence-corrected chi connectivity index (χ4v) is 4.39. The van der Waals surface area contributed by atoms with Crippen LogP contribution in [0.3, 0.4) is 0 Å². The van der Waals surface area contributed by atoms with Crippen molar-refractivity contribution in [2.75, 3.05) is 0 Å². The van der Waals surface area contributed by atoms with Crippen LogP contribution in [0.1, 0.15) is 20.3 Å². The van der Waals surface area contributed by atoms with Gasteiger partial charge in [-0.2, -0.15) is 0 Å². The lowest BCUT2D eigenvalue weighted by atomic mass is 9.69. The van der Waals surface area contributed by atoms with Crippen LogP contribution >= 0.6 is 0 Å². The molecule has 18 heavy (non-hydrogen) atoms. The first kappa shape index (κ1) is 11.1. The summed E-state index contributed by atoms with van der Waals surface area (Å²) in [6, 6.07) is 0. The average molecular weight is 250 g/mol. The van der Waals surface area contributed by atoms with Crippen LogP contribution in [-0.2, 0) is 14.3 Å². The molecule has 4 rings (SSSR count). The maximum absolute atomic E-state index is 12.6. The number of hydrogen-bond donors (Lipinski definition) is 1. The zero-order valence-corrected chi connectivity index (χ0v) is 10.6. The molecule has 0 amide bonds. The highest BCUT2D eigenvalue weighted by Gasteiger charge is 2.63. The van der Waals surface area contributed by atoms with Crippen LogP contribution in [0.2, 0.25) is 0 Å². The fourth-order valence-electron chi connectivity index (χ4n) is 4.39. The van der Waals surface area contributed by atoms with Gasteiger partial charge in [-0.1, -0.05) is 12.2 Å². The number of allylic oxidation sites excluding steroid dienone is 2. The number of rotatable bonds is 0. The number of Topliss-reactive ketones (excluding diaryl/α,β-unsaturated/α-hetero) is 1. The van der Waals surface area contributed by atoms with Crippen LogP contribution in [0.15, 0.2) is 12.2 Å². The third-order valence-corrected chi connectivity index (χ3v) is 4.99. The van der Waals surface area contributed by atoms with Crippen molar-refractivity contribution < 1.29 is 19.4 Å². The van der Waals surface area contributed by atoms with Crippen LogP contribution in [-0.4, -0.2) is 35.0 Å². The molecule has 0 radical (unpaired) electrons. The van der Waals surface area contributed by atoms with Gasteiger partial charge in [-0.15, -0.1) is 0 Å². The van der Waals surface area contributed by atoms with E-state index in [9.17, 15) is 9.90 Å². The molecule has 0 aromatic heterocycles. The minimum absolute atomic E-state index is 0.0336. The molecule has 6 unspecified atom stereocenters. The summed E-state index contributed by atoms with van der Waals surface area (Å²) in [4.78, 5) is 12.6. The van der Waals surface area contributed by atoms with Gasteiger partial charge in [0.25, 0.3) is 0 Å². The van der Waals surface area contributed by atoms with Crippen LogP contribution in [0.4, 0.5) is 0 Å². The van der Waals surface area contributed by atoms with Gasteiger partial charge in [0, 0.05) is 11.8 Å². The Bertz CT molecular complexity index is 441. The number of carbonyl (C=O) groups is 1. The summed E-state index contributed by atoms with van der Waals surface area (Å²) in [6.07, 6.45) is 3.65. The Morgan fingerprint density at radius 2 is 2.00 bits per heavy atom. The van der Waals surface area contributed by atoms with Crippen LogP contribution in [0, 0.1) is 23.7 Å². The highest BCUT2D eigenvalue weighted by Crippen LogP contribution is 2.55. The minimum atomic E-state index is -0.767. The van der Waals surface area contributed by atoms with Gasteiger partial charge in [0.15, 0.2) is 11.6 Å². The Kier molecular flexibility index (Phi) is 2.01. The quantitative estimate of drug-likeness (QED) is 0.649. The van der Waals surface area contributed by atoms with Crippen molar-refractivity contribution in [2.45, 2.75) is 44.4 Å². The number of aliphatic hydroxyl groups excluding tert-OH is 1. The molecule has 0 spiro atoms. The molecule has 1 heterocycles. The first-order valence-electron chi connectivity index (χ1n) is 6.74. The van der Waals surface area contributed by atoms with Gasteiger partial charge in [-0.05, 0) is 32.1 Å². The highest BCUT2D eigenvalue weighted by molar-refractivity contribution is 5.89. The molecule has 3 aliphatic carbocycles. The van der Waals surface area contributed by atoms with Crippen LogP contribution in [0.25, 0.3) is 0 Å². The smallest absolute Gasteiger partial charge is 0.168 e. The number of fused-ring (bicyclic) bond motifs is 6. The molecular formula is C14H18O4. The molecule has 0 aromatic carbocycles. The monoisotopic (exact) mass is 250 g/mol. The molecule has 1 saturated heterocycles. The molecule has 4 aliphatic rings. The van der Waals surface area contributed by atoms with Gasteiger partial charge in [0.1, 0.15) is 12.2 Å². The number of aliphatic hydroxyl groups is 1. The average Bonchev–Trinajstić information content (AvgIpc) is 2.96. The molecule has 2 saturated carbocycles. The molecule has 2 bridgehead atoms. The zero-order chi connectivity index (χ0) is 12.7. The van der Waals surface area contributed by atoms with E-state index >= 15 is 0 Å². The van der Waals surface area contributed by atoms with E-state index in [1.54, 1.807) is 13.8 Å². The highest BCUT2D eigenvalue weighted by atomic mass is 16.8. The summed E-state index contributed by atoms with van der Waals surface area (Å²) in [6.45, 7) is 3.60. The predicted molar refractivity (Wildman–Crippen MR) is 62.6 cm³/mol. The topological polar surface area (TPSA) is 55.8 Å². The van der Waals surface area contributed by atoms with E-state index in [2.05, 4.69) is 12.2 Å². The van der Waals surface area contributed by atoms with Crippen molar-refractivity contribution in [3.8, 4) is 0 Å². The molecule has 7 atom stereocenters. The Morgan fingerprint density at radius 1 is 1.28 bits per heavy atom. The van der Waals surface area contributed by atoms with E-state index in [0.29, 0.717) is 11.8 Å². The van der Waals surface area contributed by atoms with Crippen molar-refractivity contribution in [1.29, 1.82) is 0 Å². The summed E-state index contributed by atoms with van der Waals surface area (Å²) in [7, 11) is 0. The second-order valence-corrected chi connectivity index (χ2v) is 6.47. The largest absolute Gasteiger partial charge is 0.390 e. The van der Waals surface area contributed by atoms with Gasteiger partial charge in [-0.25, -0.2) is 0 Å². The minimum Gasteiger partial charge on any atom is -0.390 e. The molecule has 1 aliphatic heterocycles. The molecule has 4 nitrogen and oxygen atoms in total. The summed E-state index contributed by atoms with van der Waals surface area (Å²) < 4.78 is 11.4. The molecule has 3 fully saturated rings. The van der Waals surface area contributed by atoms with Crippen LogP contribution < -0.4 is 0 Å². The van der Waals surface area contributed by atoms with Crippen molar-refractivity contribution >= 4 is 5.78 Å². The lowest BCUT2D eigenvalue weighted by Gasteiger charge is -2.40. The Balaban J connectivity index is 1.73. The van der Waals surface area contributed by atoms with Crippen molar-refractivity contribution in [1.82, 2.24) is 0 Å². The molecule has 4 heteroatoms. The first-order valence-corrected chi connectivity index (χ1v) is 6.74. The number of ketones is 1. The van der Waals surface area contributed by atoms with Gasteiger partial charge >= 0.3 is 0 Å². The zero-order valence-electron chi connectivity index (χ0n) is 10.6. The van der Waals surface area contributed by atoms with Gasteiger partial charge in [-0.3, -0.25) is 4.79 Å². The molecular weight excluding hydrogens is 232 g/mol. The summed E-state index contributed by atoms with van der Waals surface area (Å²) in [5.41, 5.74) is 0. The predicted octanol–water partition coefficient (Wildman–Crippen LogP) is 0.888. The Morgan fingerprint density at radius 3 is 2.78 bits per heavy atom. The van der Waals surface area contributed by atoms with E-state index in [1.807, 2.05) is 0 Å². The summed E-state index contributed by atoms with van der Waals surface area (Å²) >= 11 is 0. The third-order valence-electron chi connectivity index (χ3n) is 4.99. The number of ether oxygens (including phenoxy) is 2. The van der Waals surface area contributed by atoms with Crippen molar-refractivity contribution in [3.63, 3.8) is 0 Å². The summed E-state index contributed by atoms with van der Waals surface area (Å²) in [5, 5.41) is 10.5. The van der Waals surface area contributed by atoms with Crippen molar-refractivity contribution in [2.24, 2.45) is 23.7 Å². The number of carbonyl (C=O) groups excluding carboxylic acids is 1. The van der Waals surface area contributed by atoms with E-state index in [4.69, 9.17) is 9.47 Å². The van der Waals surface area contributed by atoms with Crippen molar-refractivity contribution in [3.05, 3.63) is 12.2 Å². The third kappa shape index (κ3) is 1.23. The summed E-state index contributed by atoms with van der Waals surface area (Å²) in [5.74, 6) is -0.0165. The second kappa shape index (κ2) is 3.24. The fraction of sp³-hybridized carbons (Fsp3) is 0.786. The lowest BCUT2D eigenvalue weighted by Crippen LogP contribution is -2.56. The SMILES string of the molecule is CC1(C)OC2C(=O)C3C4C=CC(C4)C3[C@@H](O)C2O1. The second-order valence-electron chi connectivity index (χ2n) is 6.47. The van der Waals surface area contributed by atoms with Gasteiger partial charge in [0.2, 0.25) is 0 Å². The van der Waals surface area contributed by atoms with E-state index in [1.165, 1.54) is 0 Å². The van der Waals surface area contributed by atoms with E-state index in [-0.39, 0.29) is 17.6 Å². The normalized spacial score (nSPS) is 55.7. The van der Waals surface area contributed by atoms with Crippen LogP contribution in [0.5, 0.6) is 0 Å². The number of hydrogen-bond acceptors (Lipinski definition) is 4. The first-order chi connectivity index (χ1) is 8.48.